The van der Waals surface area contributed by atoms with Crippen molar-refractivity contribution in [2.45, 2.75) is 38.6 Å². The molecule has 0 N–H and O–H groups in total. The number of hydrogen-bond donors (Lipinski definition) is 0. The zero-order valence-corrected chi connectivity index (χ0v) is 8.94. The van der Waals surface area contributed by atoms with E-state index in [4.69, 9.17) is 4.74 Å². The van der Waals surface area contributed by atoms with Crippen molar-refractivity contribution >= 4 is 0 Å². The van der Waals surface area contributed by atoms with Crippen LogP contribution >= 0.6 is 0 Å². The summed E-state index contributed by atoms with van der Waals surface area (Å²) >= 11 is 0. The van der Waals surface area contributed by atoms with Gasteiger partial charge in [-0.15, -0.1) is 0 Å². The van der Waals surface area contributed by atoms with E-state index in [1.165, 1.54) is 12.0 Å². The first kappa shape index (κ1) is 9.71. The van der Waals surface area contributed by atoms with Gasteiger partial charge in [-0.2, -0.15) is 5.10 Å². The topological polar surface area (TPSA) is 27.1 Å². The second-order valence-electron chi connectivity index (χ2n) is 4.08. The lowest BCUT2D eigenvalue weighted by molar-refractivity contribution is 0.184. The maximum Gasteiger partial charge on any atom is 0.0774 e. The molecule has 0 amide bonds. The third-order valence-corrected chi connectivity index (χ3v) is 3.08. The van der Waals surface area contributed by atoms with Crippen LogP contribution in [0.25, 0.3) is 0 Å². The number of ether oxygens (including phenoxy) is 1. The van der Waals surface area contributed by atoms with E-state index in [1.54, 1.807) is 0 Å². The highest BCUT2D eigenvalue weighted by molar-refractivity contribution is 5.10. The molecule has 14 heavy (non-hydrogen) atoms. The van der Waals surface area contributed by atoms with Crippen LogP contribution in [0.15, 0.2) is 12.4 Å². The highest BCUT2D eigenvalue weighted by atomic mass is 16.5. The smallest absolute Gasteiger partial charge is 0.0774 e. The van der Waals surface area contributed by atoms with E-state index < -0.39 is 0 Å². The van der Waals surface area contributed by atoms with Crippen LogP contribution in [0, 0.1) is 0 Å². The molecule has 0 aromatic carbocycles. The molecule has 1 aromatic rings. The van der Waals surface area contributed by atoms with E-state index in [0.29, 0.717) is 12.0 Å². The highest BCUT2D eigenvalue weighted by Crippen LogP contribution is 2.22. The van der Waals surface area contributed by atoms with Crippen molar-refractivity contribution in [2.75, 3.05) is 13.2 Å². The predicted octanol–water partition coefficient (Wildman–Crippen LogP) is 2.36. The number of hydrogen-bond acceptors (Lipinski definition) is 2. The lowest BCUT2D eigenvalue weighted by Gasteiger charge is -2.08. The standard InChI is InChI=1S/C11H18N2O/c1-3-9(2)10-6-12-13(7-10)11-4-5-14-8-11/h6-7,9,11H,3-5,8H2,1-2H3. The average Bonchev–Trinajstić information content (AvgIpc) is 2.86. The highest BCUT2D eigenvalue weighted by Gasteiger charge is 2.18. The normalized spacial score (nSPS) is 24.0. The van der Waals surface area contributed by atoms with E-state index in [-0.39, 0.29) is 0 Å². The molecule has 1 aromatic heterocycles. The molecule has 2 rings (SSSR count). The molecule has 3 nitrogen and oxygen atoms in total. The Morgan fingerprint density at radius 1 is 1.71 bits per heavy atom. The van der Waals surface area contributed by atoms with Crippen LogP contribution in [0.4, 0.5) is 0 Å². The maximum absolute atomic E-state index is 5.35. The number of nitrogens with zero attached hydrogens (tertiary/aromatic N) is 2. The summed E-state index contributed by atoms with van der Waals surface area (Å²) in [6.45, 7) is 6.15. The van der Waals surface area contributed by atoms with Crippen molar-refractivity contribution < 1.29 is 4.74 Å². The minimum Gasteiger partial charge on any atom is -0.379 e. The first-order valence-electron chi connectivity index (χ1n) is 5.43. The van der Waals surface area contributed by atoms with Crippen molar-refractivity contribution in [3.8, 4) is 0 Å². The Bertz CT molecular complexity index is 289. The quantitative estimate of drug-likeness (QED) is 0.738. The summed E-state index contributed by atoms with van der Waals surface area (Å²) < 4.78 is 7.41. The SMILES string of the molecule is CCC(C)c1cnn(C2CCOC2)c1. The van der Waals surface area contributed by atoms with Crippen LogP contribution in [0.5, 0.6) is 0 Å². The molecule has 0 radical (unpaired) electrons. The van der Waals surface area contributed by atoms with Gasteiger partial charge in [0.25, 0.3) is 0 Å². The van der Waals surface area contributed by atoms with Gasteiger partial charge in [0.05, 0.1) is 18.8 Å². The van der Waals surface area contributed by atoms with Crippen LogP contribution in [-0.4, -0.2) is 23.0 Å². The number of rotatable bonds is 3. The lowest BCUT2D eigenvalue weighted by Crippen LogP contribution is -2.08. The molecule has 1 aliphatic heterocycles. The molecule has 3 heteroatoms. The molecule has 2 atom stereocenters. The summed E-state index contributed by atoms with van der Waals surface area (Å²) in [6.07, 6.45) is 6.44. The Labute approximate surface area is 85.1 Å². The van der Waals surface area contributed by atoms with Crippen LogP contribution in [0.1, 0.15) is 44.2 Å². The molecule has 2 heterocycles. The third-order valence-electron chi connectivity index (χ3n) is 3.08. The van der Waals surface area contributed by atoms with Crippen molar-refractivity contribution in [1.82, 2.24) is 9.78 Å². The van der Waals surface area contributed by atoms with Crippen molar-refractivity contribution in [2.24, 2.45) is 0 Å². The molecule has 0 spiro atoms. The molecule has 0 aliphatic carbocycles. The Balaban J connectivity index is 2.08. The van der Waals surface area contributed by atoms with Gasteiger partial charge in [-0.1, -0.05) is 13.8 Å². The lowest BCUT2D eigenvalue weighted by atomic mass is 10.0. The van der Waals surface area contributed by atoms with Crippen molar-refractivity contribution in [3.05, 3.63) is 18.0 Å². The molecular formula is C11H18N2O. The van der Waals surface area contributed by atoms with Crippen LogP contribution in [0.3, 0.4) is 0 Å². The monoisotopic (exact) mass is 194 g/mol. The maximum atomic E-state index is 5.35. The minimum atomic E-state index is 0.466. The summed E-state index contributed by atoms with van der Waals surface area (Å²) in [7, 11) is 0. The zero-order chi connectivity index (χ0) is 9.97. The predicted molar refractivity (Wildman–Crippen MR) is 55.4 cm³/mol. The summed E-state index contributed by atoms with van der Waals surface area (Å²) in [6, 6.07) is 0.466. The van der Waals surface area contributed by atoms with Gasteiger partial charge >= 0.3 is 0 Å². The first-order valence-corrected chi connectivity index (χ1v) is 5.43. The fourth-order valence-electron chi connectivity index (χ4n) is 1.77. The minimum absolute atomic E-state index is 0.466. The Kier molecular flexibility index (Phi) is 2.87. The van der Waals surface area contributed by atoms with Gasteiger partial charge in [-0.05, 0) is 24.3 Å². The fourth-order valence-corrected chi connectivity index (χ4v) is 1.77. The van der Waals surface area contributed by atoms with Gasteiger partial charge in [-0.3, -0.25) is 4.68 Å². The van der Waals surface area contributed by atoms with Gasteiger partial charge in [0.1, 0.15) is 0 Å². The van der Waals surface area contributed by atoms with E-state index in [2.05, 4.69) is 29.8 Å². The summed E-state index contributed by atoms with van der Waals surface area (Å²) in [5, 5.41) is 4.40. The molecule has 0 saturated carbocycles. The number of aromatic nitrogens is 2. The molecule has 1 saturated heterocycles. The second-order valence-corrected chi connectivity index (χ2v) is 4.08. The van der Waals surface area contributed by atoms with Gasteiger partial charge in [0.2, 0.25) is 0 Å². The molecule has 0 bridgehead atoms. The molecule has 1 fully saturated rings. The molecule has 1 aliphatic rings. The van der Waals surface area contributed by atoms with Crippen LogP contribution in [-0.2, 0) is 4.74 Å². The van der Waals surface area contributed by atoms with E-state index in [9.17, 15) is 0 Å². The average molecular weight is 194 g/mol. The van der Waals surface area contributed by atoms with Crippen molar-refractivity contribution in [3.63, 3.8) is 0 Å². The van der Waals surface area contributed by atoms with Gasteiger partial charge in [-0.25, -0.2) is 0 Å². The second kappa shape index (κ2) is 4.13. The summed E-state index contributed by atoms with van der Waals surface area (Å²) in [5.74, 6) is 0.617. The van der Waals surface area contributed by atoms with Crippen LogP contribution in [0.2, 0.25) is 0 Å². The van der Waals surface area contributed by atoms with E-state index in [0.717, 1.165) is 19.6 Å². The van der Waals surface area contributed by atoms with E-state index in [1.807, 2.05) is 6.20 Å². The molecule has 2 unspecified atom stereocenters. The zero-order valence-electron chi connectivity index (χ0n) is 8.94. The Morgan fingerprint density at radius 2 is 2.57 bits per heavy atom. The molecular weight excluding hydrogens is 176 g/mol. The summed E-state index contributed by atoms with van der Waals surface area (Å²) in [4.78, 5) is 0. The largest absolute Gasteiger partial charge is 0.379 e. The summed E-state index contributed by atoms with van der Waals surface area (Å²) in [5.41, 5.74) is 1.35. The van der Waals surface area contributed by atoms with Gasteiger partial charge in [0.15, 0.2) is 0 Å². The van der Waals surface area contributed by atoms with Gasteiger partial charge in [0, 0.05) is 12.8 Å². The Morgan fingerprint density at radius 3 is 3.21 bits per heavy atom. The fraction of sp³-hybridized carbons (Fsp3) is 0.727. The van der Waals surface area contributed by atoms with Gasteiger partial charge < -0.3 is 4.74 Å². The van der Waals surface area contributed by atoms with Crippen LogP contribution < -0.4 is 0 Å². The Hall–Kier alpha value is -0.830. The third kappa shape index (κ3) is 1.82. The van der Waals surface area contributed by atoms with E-state index >= 15 is 0 Å². The first-order chi connectivity index (χ1) is 6.81. The molecule has 78 valence electrons. The van der Waals surface area contributed by atoms with Crippen molar-refractivity contribution in [1.29, 1.82) is 0 Å².